The van der Waals surface area contributed by atoms with E-state index in [9.17, 15) is 9.59 Å². The number of nitrogens with one attached hydrogen (secondary N) is 1. The molecule has 80 valence electrons. The van der Waals surface area contributed by atoms with Gasteiger partial charge in [-0.3, -0.25) is 4.79 Å². The lowest BCUT2D eigenvalue weighted by atomic mass is 10.1. The van der Waals surface area contributed by atoms with Crippen molar-refractivity contribution < 1.29 is 14.7 Å². The molecule has 2 N–H and O–H groups in total. The Kier molecular flexibility index (Phi) is 2.51. The van der Waals surface area contributed by atoms with Crippen LogP contribution < -0.4 is 0 Å². The van der Waals surface area contributed by atoms with Gasteiger partial charge in [0.1, 0.15) is 5.82 Å². The molecule has 0 aliphatic carbocycles. The Morgan fingerprint density at radius 2 is 2.12 bits per heavy atom. The van der Waals surface area contributed by atoms with Crippen LogP contribution in [0.3, 0.4) is 0 Å². The molecule has 5 heteroatoms. The molecule has 0 aliphatic heterocycles. The molecule has 16 heavy (non-hydrogen) atoms. The number of imidazole rings is 1. The topological polar surface area (TPSA) is 83.1 Å². The third kappa shape index (κ3) is 1.70. The molecular weight excluding hydrogens is 208 g/mol. The number of carboxylic acid groups (broad SMARTS) is 1. The van der Waals surface area contributed by atoms with Crippen LogP contribution in [0.15, 0.2) is 30.5 Å². The maximum Gasteiger partial charge on any atom is 0.336 e. The zero-order chi connectivity index (χ0) is 11.5. The Morgan fingerprint density at radius 1 is 1.38 bits per heavy atom. The van der Waals surface area contributed by atoms with Gasteiger partial charge >= 0.3 is 5.97 Å². The highest BCUT2D eigenvalue weighted by Gasteiger charge is 2.12. The van der Waals surface area contributed by atoms with E-state index < -0.39 is 5.97 Å². The number of rotatable bonds is 3. The smallest absolute Gasteiger partial charge is 0.336 e. The van der Waals surface area contributed by atoms with Crippen LogP contribution in [0.1, 0.15) is 20.8 Å². The minimum Gasteiger partial charge on any atom is -0.478 e. The summed E-state index contributed by atoms with van der Waals surface area (Å²) in [7, 11) is 0. The monoisotopic (exact) mass is 216 g/mol. The van der Waals surface area contributed by atoms with E-state index in [1.807, 2.05) is 0 Å². The molecule has 5 nitrogen and oxygen atoms in total. The summed E-state index contributed by atoms with van der Waals surface area (Å²) in [6.45, 7) is 0. The number of aromatic carboxylic acids is 1. The van der Waals surface area contributed by atoms with Crippen molar-refractivity contribution in [1.82, 2.24) is 9.97 Å². The van der Waals surface area contributed by atoms with Crippen molar-refractivity contribution in [3.05, 3.63) is 41.7 Å². The summed E-state index contributed by atoms with van der Waals surface area (Å²) in [5.41, 5.74) is 0.924. The van der Waals surface area contributed by atoms with Crippen LogP contribution in [0, 0.1) is 0 Å². The van der Waals surface area contributed by atoms with Gasteiger partial charge in [-0.05, 0) is 6.07 Å². The van der Waals surface area contributed by atoms with Crippen molar-refractivity contribution in [2.45, 2.75) is 0 Å². The van der Waals surface area contributed by atoms with Crippen LogP contribution in [0.5, 0.6) is 0 Å². The lowest BCUT2D eigenvalue weighted by Gasteiger charge is -2.01. The first kappa shape index (κ1) is 10.1. The number of H-pyrrole nitrogens is 1. The second-order valence-corrected chi connectivity index (χ2v) is 3.16. The van der Waals surface area contributed by atoms with Crippen molar-refractivity contribution in [2.24, 2.45) is 0 Å². The largest absolute Gasteiger partial charge is 0.478 e. The van der Waals surface area contributed by atoms with Gasteiger partial charge in [-0.2, -0.15) is 0 Å². The summed E-state index contributed by atoms with van der Waals surface area (Å²) in [6.07, 6.45) is 1.99. The second-order valence-electron chi connectivity index (χ2n) is 3.16. The normalized spacial score (nSPS) is 10.0. The minimum absolute atomic E-state index is 0.147. The van der Waals surface area contributed by atoms with Gasteiger partial charge in [-0.15, -0.1) is 0 Å². The van der Waals surface area contributed by atoms with Crippen molar-refractivity contribution in [1.29, 1.82) is 0 Å². The van der Waals surface area contributed by atoms with Gasteiger partial charge in [0.05, 0.1) is 17.5 Å². The molecule has 1 heterocycles. The number of hydrogen-bond acceptors (Lipinski definition) is 3. The first-order chi connectivity index (χ1) is 7.72. The molecule has 1 aromatic carbocycles. The molecule has 0 aliphatic rings. The fraction of sp³-hybridized carbons (Fsp3) is 0. The molecule has 0 atom stereocenters. The SMILES string of the molecule is O=Cc1cnc(-c2ccccc2C(=O)O)[nH]1. The fourth-order valence-electron chi connectivity index (χ4n) is 1.41. The lowest BCUT2D eigenvalue weighted by molar-refractivity contribution is 0.0697. The number of hydrogen-bond donors (Lipinski definition) is 2. The van der Waals surface area contributed by atoms with Crippen molar-refractivity contribution in [2.75, 3.05) is 0 Å². The van der Waals surface area contributed by atoms with Crippen LogP contribution in [0.25, 0.3) is 11.4 Å². The number of benzene rings is 1. The molecule has 0 fully saturated rings. The van der Waals surface area contributed by atoms with E-state index in [4.69, 9.17) is 5.11 Å². The van der Waals surface area contributed by atoms with E-state index in [1.165, 1.54) is 12.3 Å². The van der Waals surface area contributed by atoms with Gasteiger partial charge in [0, 0.05) is 5.56 Å². The molecule has 2 rings (SSSR count). The van der Waals surface area contributed by atoms with Crippen molar-refractivity contribution in [3.63, 3.8) is 0 Å². The number of carboxylic acids is 1. The van der Waals surface area contributed by atoms with Crippen molar-refractivity contribution in [3.8, 4) is 11.4 Å². The summed E-state index contributed by atoms with van der Waals surface area (Å²) < 4.78 is 0. The summed E-state index contributed by atoms with van der Waals surface area (Å²) in [4.78, 5) is 28.1. The van der Waals surface area contributed by atoms with E-state index in [2.05, 4.69) is 9.97 Å². The Balaban J connectivity index is 2.54. The third-order valence-electron chi connectivity index (χ3n) is 2.14. The van der Waals surface area contributed by atoms with Gasteiger partial charge in [0.15, 0.2) is 6.29 Å². The van der Waals surface area contributed by atoms with Crippen LogP contribution >= 0.6 is 0 Å². The van der Waals surface area contributed by atoms with E-state index >= 15 is 0 Å². The summed E-state index contributed by atoms with van der Waals surface area (Å²) >= 11 is 0. The van der Waals surface area contributed by atoms with Gasteiger partial charge in [-0.1, -0.05) is 18.2 Å². The van der Waals surface area contributed by atoms with E-state index in [-0.39, 0.29) is 5.56 Å². The molecule has 2 aromatic rings. The highest BCUT2D eigenvalue weighted by atomic mass is 16.4. The standard InChI is InChI=1S/C11H8N2O3/c14-6-7-5-12-10(13-7)8-3-1-2-4-9(8)11(15)16/h1-6H,(H,12,13)(H,15,16). The highest BCUT2D eigenvalue weighted by Crippen LogP contribution is 2.20. The van der Waals surface area contributed by atoms with Crippen molar-refractivity contribution >= 4 is 12.3 Å². The zero-order valence-electron chi connectivity index (χ0n) is 8.18. The fourth-order valence-corrected chi connectivity index (χ4v) is 1.41. The Bertz CT molecular complexity index is 546. The summed E-state index contributed by atoms with van der Waals surface area (Å²) in [5, 5.41) is 8.98. The highest BCUT2D eigenvalue weighted by molar-refractivity contribution is 5.95. The average molecular weight is 216 g/mol. The maximum atomic E-state index is 11.0. The first-order valence-corrected chi connectivity index (χ1v) is 4.55. The van der Waals surface area contributed by atoms with E-state index in [1.54, 1.807) is 18.2 Å². The molecule has 0 spiro atoms. The predicted molar refractivity (Wildman–Crippen MR) is 56.4 cm³/mol. The Hall–Kier alpha value is -2.43. The van der Waals surface area contributed by atoms with Crippen LogP contribution in [-0.2, 0) is 0 Å². The average Bonchev–Trinajstić information content (AvgIpc) is 2.77. The number of aromatic amines is 1. The van der Waals surface area contributed by atoms with E-state index in [0.29, 0.717) is 23.4 Å². The van der Waals surface area contributed by atoms with E-state index in [0.717, 1.165) is 0 Å². The molecule has 0 amide bonds. The summed E-state index contributed by atoms with van der Waals surface area (Å²) in [5.74, 6) is -0.653. The molecular formula is C11H8N2O3. The number of carbonyl (C=O) groups excluding carboxylic acids is 1. The van der Waals surface area contributed by atoms with Crippen LogP contribution in [-0.4, -0.2) is 27.3 Å². The Morgan fingerprint density at radius 3 is 2.75 bits per heavy atom. The predicted octanol–water partition coefficient (Wildman–Crippen LogP) is 1.59. The molecule has 0 saturated carbocycles. The van der Waals surface area contributed by atoms with Gasteiger partial charge in [0.25, 0.3) is 0 Å². The molecule has 0 radical (unpaired) electrons. The second kappa shape index (κ2) is 3.98. The molecule has 0 unspecified atom stereocenters. The lowest BCUT2D eigenvalue weighted by Crippen LogP contribution is -1.99. The summed E-state index contributed by atoms with van der Waals surface area (Å²) in [6, 6.07) is 6.47. The molecule has 0 bridgehead atoms. The molecule has 0 saturated heterocycles. The maximum absolute atomic E-state index is 11.0. The first-order valence-electron chi connectivity index (χ1n) is 4.55. The number of carbonyl (C=O) groups is 2. The number of nitrogens with zero attached hydrogens (tertiary/aromatic N) is 1. The zero-order valence-corrected chi connectivity index (χ0v) is 8.18. The van der Waals surface area contributed by atoms with Gasteiger partial charge in [0.2, 0.25) is 0 Å². The number of aldehydes is 1. The Labute approximate surface area is 90.8 Å². The van der Waals surface area contributed by atoms with Crippen LogP contribution in [0.2, 0.25) is 0 Å². The molecule has 1 aromatic heterocycles. The van der Waals surface area contributed by atoms with Crippen LogP contribution in [0.4, 0.5) is 0 Å². The third-order valence-corrected chi connectivity index (χ3v) is 2.14. The quantitative estimate of drug-likeness (QED) is 0.763. The van der Waals surface area contributed by atoms with Gasteiger partial charge in [-0.25, -0.2) is 9.78 Å². The minimum atomic E-state index is -1.03. The van der Waals surface area contributed by atoms with Gasteiger partial charge < -0.3 is 10.1 Å². The number of aromatic nitrogens is 2.